The smallest absolute Gasteiger partial charge is 0.386 e. The zero-order valence-electron chi connectivity index (χ0n) is 26.7. The van der Waals surface area contributed by atoms with E-state index in [4.69, 9.17) is 11.6 Å². The average molecular weight is 702 g/mol. The van der Waals surface area contributed by atoms with E-state index in [1.807, 2.05) is 14.1 Å². The van der Waals surface area contributed by atoms with Crippen LogP contribution < -0.4 is 5.32 Å². The molecule has 3 amide bonds. The number of amides is 3. The Hall–Kier alpha value is -4.87. The number of rotatable bonds is 6. The van der Waals surface area contributed by atoms with Crippen molar-refractivity contribution in [3.05, 3.63) is 71.2 Å². The molecule has 14 nitrogen and oxygen atoms in total. The minimum Gasteiger partial charge on any atom is -0.386 e. The molecule has 49 heavy (non-hydrogen) atoms. The van der Waals surface area contributed by atoms with Gasteiger partial charge in [-0.2, -0.15) is 18.3 Å². The predicted octanol–water partition coefficient (Wildman–Crippen LogP) is 2.48. The number of likely N-dealkylation sites (N-methyl/N-ethyl adjacent to an activating group) is 1. The number of aliphatic hydroxyl groups is 1. The summed E-state index contributed by atoms with van der Waals surface area (Å²) in [6.07, 6.45) is 0.0147. The highest BCUT2D eigenvalue weighted by molar-refractivity contribution is 6.34. The predicted molar refractivity (Wildman–Crippen MR) is 170 cm³/mol. The summed E-state index contributed by atoms with van der Waals surface area (Å²) in [5.41, 5.74) is -1.13. The van der Waals surface area contributed by atoms with Crippen LogP contribution in [0.25, 0.3) is 17.2 Å². The molecular weight excluding hydrogens is 669 g/mol. The Bertz CT molecular complexity index is 1900. The number of benzene rings is 1. The van der Waals surface area contributed by atoms with Crippen LogP contribution in [0.4, 0.5) is 18.9 Å². The van der Waals surface area contributed by atoms with E-state index in [1.165, 1.54) is 48.3 Å². The van der Waals surface area contributed by atoms with Gasteiger partial charge in [0.1, 0.15) is 6.10 Å². The van der Waals surface area contributed by atoms with E-state index in [2.05, 4.69) is 25.4 Å². The Kier molecular flexibility index (Phi) is 8.93. The third-order valence-corrected chi connectivity index (χ3v) is 9.23. The highest BCUT2D eigenvalue weighted by Gasteiger charge is 2.48. The van der Waals surface area contributed by atoms with Crippen LogP contribution in [0.15, 0.2) is 49.1 Å². The Labute approximate surface area is 283 Å². The van der Waals surface area contributed by atoms with E-state index in [9.17, 15) is 32.7 Å². The molecule has 0 radical (unpaired) electrons. The van der Waals surface area contributed by atoms with Gasteiger partial charge in [-0.1, -0.05) is 11.6 Å². The number of hydrogen-bond acceptors (Lipinski definition) is 8. The number of alkyl halides is 3. The van der Waals surface area contributed by atoms with Crippen molar-refractivity contribution in [2.24, 2.45) is 7.05 Å². The molecule has 2 N–H and O–H groups in total. The van der Waals surface area contributed by atoms with Crippen molar-refractivity contribution in [2.75, 3.05) is 52.1 Å². The van der Waals surface area contributed by atoms with Crippen LogP contribution in [-0.4, -0.2) is 125 Å². The standard InChI is InChI=1S/C31H32ClF3N10O4/c1-41-22(20-17-44(30-36-8-4-9-37-30)40-25(20)31(33,34)35)16-38-26(41)27(47)39-18-5-6-19(21(32)15-18)28(48)42-10-12-43(13-11-42)29(49)24-23(46)7-14-45(24,2)3/h4-6,8-9,15-17,23-24,46H,7,10-14H2,1-3H3/p+1/t23-,24-/m0/s1. The van der Waals surface area contributed by atoms with Crippen LogP contribution in [0, 0.1) is 0 Å². The van der Waals surface area contributed by atoms with Gasteiger partial charge >= 0.3 is 6.18 Å². The molecule has 5 heterocycles. The molecule has 4 aromatic rings. The molecule has 18 heteroatoms. The second kappa shape index (κ2) is 12.9. The highest BCUT2D eigenvalue weighted by atomic mass is 35.5. The van der Waals surface area contributed by atoms with Gasteiger partial charge in [0, 0.05) is 63.9 Å². The molecule has 6 rings (SSSR count). The molecular formula is C31H33ClF3N10O4+. The Balaban J connectivity index is 1.13. The first-order valence-corrected chi connectivity index (χ1v) is 15.7. The first-order chi connectivity index (χ1) is 23.2. The number of halogens is 4. The molecule has 0 bridgehead atoms. The zero-order valence-corrected chi connectivity index (χ0v) is 27.5. The van der Waals surface area contributed by atoms with Gasteiger partial charge in [0.2, 0.25) is 5.95 Å². The van der Waals surface area contributed by atoms with Crippen molar-refractivity contribution >= 4 is 35.0 Å². The summed E-state index contributed by atoms with van der Waals surface area (Å²) in [4.78, 5) is 54.9. The fraction of sp³-hybridized carbons (Fsp3) is 0.387. The lowest BCUT2D eigenvalue weighted by atomic mass is 10.1. The molecule has 2 saturated heterocycles. The molecule has 3 aromatic heterocycles. The summed E-state index contributed by atoms with van der Waals surface area (Å²) in [7, 11) is 5.24. The Morgan fingerprint density at radius 1 is 1.04 bits per heavy atom. The maximum atomic E-state index is 13.9. The number of nitrogens with one attached hydrogen (secondary N) is 1. The van der Waals surface area contributed by atoms with Crippen LogP contribution in [0.5, 0.6) is 0 Å². The topological polar surface area (TPSA) is 151 Å². The molecule has 0 saturated carbocycles. The van der Waals surface area contributed by atoms with Crippen molar-refractivity contribution in [3.63, 3.8) is 0 Å². The second-order valence-electron chi connectivity index (χ2n) is 12.5. The zero-order chi connectivity index (χ0) is 35.2. The first kappa shape index (κ1) is 34.0. The highest BCUT2D eigenvalue weighted by Crippen LogP contribution is 2.37. The van der Waals surface area contributed by atoms with Gasteiger partial charge in [0.05, 0.1) is 48.7 Å². The number of aliphatic hydroxyl groups excluding tert-OH is 1. The lowest BCUT2D eigenvalue weighted by Crippen LogP contribution is -2.60. The third kappa shape index (κ3) is 6.60. The first-order valence-electron chi connectivity index (χ1n) is 15.3. The van der Waals surface area contributed by atoms with Crippen molar-refractivity contribution in [1.82, 2.24) is 39.1 Å². The summed E-state index contributed by atoms with van der Waals surface area (Å²) in [6.45, 7) is 1.90. The van der Waals surface area contributed by atoms with Crippen LogP contribution in [0.3, 0.4) is 0 Å². The Morgan fingerprint density at radius 2 is 1.71 bits per heavy atom. The maximum Gasteiger partial charge on any atom is 0.435 e. The third-order valence-electron chi connectivity index (χ3n) is 8.91. The number of anilines is 1. The SMILES string of the molecule is Cn1c(-c2cn(-c3ncccn3)nc2C(F)(F)F)cnc1C(=O)Nc1ccc(C(=O)N2CCN(C(=O)[C@@H]3[C@@H](O)CC[N+]3(C)C)CC2)c(Cl)c1. The summed E-state index contributed by atoms with van der Waals surface area (Å²) in [6, 6.07) is 5.31. The summed E-state index contributed by atoms with van der Waals surface area (Å²) >= 11 is 6.47. The van der Waals surface area contributed by atoms with Crippen LogP contribution in [0.2, 0.25) is 5.02 Å². The summed E-state index contributed by atoms with van der Waals surface area (Å²) in [5.74, 6) is -1.46. The number of piperazine rings is 1. The molecule has 2 atom stereocenters. The van der Waals surface area contributed by atoms with Crippen molar-refractivity contribution in [3.8, 4) is 17.2 Å². The lowest BCUT2D eigenvalue weighted by Gasteiger charge is -2.39. The van der Waals surface area contributed by atoms with Gasteiger partial charge in [-0.15, -0.1) is 0 Å². The van der Waals surface area contributed by atoms with E-state index in [0.29, 0.717) is 30.5 Å². The van der Waals surface area contributed by atoms with Gasteiger partial charge < -0.3 is 29.3 Å². The molecule has 2 aliphatic rings. The molecule has 2 fully saturated rings. The fourth-order valence-corrected chi connectivity index (χ4v) is 6.55. The monoisotopic (exact) mass is 701 g/mol. The number of imidazole rings is 1. The van der Waals surface area contributed by atoms with Crippen LogP contribution in [-0.2, 0) is 18.0 Å². The number of likely N-dealkylation sites (tertiary alicyclic amines) is 1. The largest absolute Gasteiger partial charge is 0.435 e. The fourth-order valence-electron chi connectivity index (χ4n) is 6.29. The van der Waals surface area contributed by atoms with Crippen LogP contribution >= 0.6 is 11.6 Å². The number of hydrogen-bond donors (Lipinski definition) is 2. The van der Waals surface area contributed by atoms with E-state index >= 15 is 0 Å². The van der Waals surface area contributed by atoms with Gasteiger partial charge in [-0.25, -0.2) is 19.6 Å². The number of aromatic nitrogens is 6. The minimum atomic E-state index is -4.82. The molecule has 2 aliphatic heterocycles. The second-order valence-corrected chi connectivity index (χ2v) is 12.9. The molecule has 0 spiro atoms. The summed E-state index contributed by atoms with van der Waals surface area (Å²) < 4.78 is 44.4. The normalized spacial score (nSPS) is 19.3. The van der Waals surface area contributed by atoms with Gasteiger partial charge in [-0.05, 0) is 24.3 Å². The van der Waals surface area contributed by atoms with E-state index in [-0.39, 0.29) is 64.2 Å². The van der Waals surface area contributed by atoms with E-state index in [1.54, 1.807) is 9.80 Å². The maximum absolute atomic E-state index is 13.9. The average Bonchev–Trinajstić information content (AvgIpc) is 3.75. The number of quaternary nitrogens is 1. The van der Waals surface area contributed by atoms with Crippen molar-refractivity contribution in [1.29, 1.82) is 0 Å². The van der Waals surface area contributed by atoms with Gasteiger partial charge in [0.25, 0.3) is 17.7 Å². The lowest BCUT2D eigenvalue weighted by molar-refractivity contribution is -0.895. The molecule has 0 aliphatic carbocycles. The summed E-state index contributed by atoms with van der Waals surface area (Å²) in [5, 5.41) is 16.7. The minimum absolute atomic E-state index is 0.0253. The van der Waals surface area contributed by atoms with E-state index < -0.39 is 29.9 Å². The van der Waals surface area contributed by atoms with Crippen LogP contribution in [0.1, 0.15) is 33.1 Å². The molecule has 0 unspecified atom stereocenters. The molecule has 1 aromatic carbocycles. The number of nitrogens with zero attached hydrogens (tertiary/aromatic N) is 9. The Morgan fingerprint density at radius 3 is 2.33 bits per heavy atom. The van der Waals surface area contributed by atoms with Crippen molar-refractivity contribution < 1.29 is 37.1 Å². The number of carbonyl (C=O) groups excluding carboxylic acids is 3. The molecule has 258 valence electrons. The quantitative estimate of drug-likeness (QED) is 0.291. The van der Waals surface area contributed by atoms with E-state index in [0.717, 1.165) is 17.1 Å². The van der Waals surface area contributed by atoms with Crippen molar-refractivity contribution in [2.45, 2.75) is 24.7 Å². The van der Waals surface area contributed by atoms with Gasteiger partial charge in [-0.3, -0.25) is 14.4 Å². The number of carbonyl (C=O) groups is 3. The van der Waals surface area contributed by atoms with Gasteiger partial charge in [0.15, 0.2) is 17.6 Å².